The van der Waals surface area contributed by atoms with Crippen LogP contribution in [-0.4, -0.2) is 11.7 Å². The van der Waals surface area contributed by atoms with Gasteiger partial charge in [-0.2, -0.15) is 0 Å². The molecule has 0 aromatic heterocycles. The summed E-state index contributed by atoms with van der Waals surface area (Å²) >= 11 is 3.47. The van der Waals surface area contributed by atoms with Gasteiger partial charge in [0.15, 0.2) is 5.78 Å². The van der Waals surface area contributed by atoms with Crippen molar-refractivity contribution in [3.05, 3.63) is 63.6 Å². The third-order valence-corrected chi connectivity index (χ3v) is 4.52. The first-order chi connectivity index (χ1) is 10.5. The second kappa shape index (κ2) is 6.05. The van der Waals surface area contributed by atoms with E-state index in [1.54, 1.807) is 24.3 Å². The zero-order valence-electron chi connectivity index (χ0n) is 12.2. The van der Waals surface area contributed by atoms with E-state index in [4.69, 9.17) is 0 Å². The Morgan fingerprint density at radius 1 is 1.05 bits per heavy atom. The molecule has 1 amide bonds. The average molecular weight is 358 g/mol. The van der Waals surface area contributed by atoms with Gasteiger partial charge >= 0.3 is 0 Å². The second-order valence-electron chi connectivity index (χ2n) is 5.64. The van der Waals surface area contributed by atoms with Gasteiger partial charge in [-0.1, -0.05) is 22.0 Å². The van der Waals surface area contributed by atoms with Crippen molar-refractivity contribution in [3.63, 3.8) is 0 Å². The number of amides is 1. The van der Waals surface area contributed by atoms with Crippen LogP contribution in [-0.2, 0) is 17.6 Å². The first-order valence-corrected chi connectivity index (χ1v) is 8.01. The van der Waals surface area contributed by atoms with Gasteiger partial charge in [0.2, 0.25) is 5.91 Å². The van der Waals surface area contributed by atoms with E-state index in [1.165, 1.54) is 18.1 Å². The number of hydrogen-bond acceptors (Lipinski definition) is 2. The molecule has 1 N–H and O–H groups in total. The van der Waals surface area contributed by atoms with Crippen molar-refractivity contribution in [3.8, 4) is 0 Å². The number of anilines is 1. The molecule has 0 spiro atoms. The lowest BCUT2D eigenvalue weighted by molar-refractivity contribution is -0.119. The maximum absolute atomic E-state index is 12.4. The van der Waals surface area contributed by atoms with Crippen molar-refractivity contribution in [2.24, 2.45) is 5.92 Å². The highest BCUT2D eigenvalue weighted by Gasteiger charge is 2.27. The molecule has 2 aromatic carbocycles. The Kier molecular flexibility index (Phi) is 4.12. The van der Waals surface area contributed by atoms with Crippen LogP contribution in [0.4, 0.5) is 5.69 Å². The molecule has 3 rings (SSSR count). The largest absolute Gasteiger partial charge is 0.326 e. The number of Topliss-reactive ketones (excluding diaryl/α,β-unsaturated/α-hetero) is 1. The molecule has 22 heavy (non-hydrogen) atoms. The fraction of sp³-hybridized carbons (Fsp3) is 0.222. The maximum atomic E-state index is 12.4. The van der Waals surface area contributed by atoms with Gasteiger partial charge in [-0.15, -0.1) is 0 Å². The number of fused-ring (bicyclic) bond motifs is 1. The van der Waals surface area contributed by atoms with Crippen molar-refractivity contribution in [2.45, 2.75) is 19.8 Å². The average Bonchev–Trinajstić information content (AvgIpc) is 2.91. The summed E-state index contributed by atoms with van der Waals surface area (Å²) in [6.45, 7) is 1.53. The fourth-order valence-electron chi connectivity index (χ4n) is 2.80. The van der Waals surface area contributed by atoms with Crippen LogP contribution in [0.2, 0.25) is 0 Å². The van der Waals surface area contributed by atoms with Gasteiger partial charge in [0.05, 0.1) is 0 Å². The van der Waals surface area contributed by atoms with E-state index >= 15 is 0 Å². The second-order valence-corrected chi connectivity index (χ2v) is 6.56. The summed E-state index contributed by atoms with van der Waals surface area (Å²) in [4.78, 5) is 23.6. The van der Waals surface area contributed by atoms with E-state index in [9.17, 15) is 9.59 Å². The quantitative estimate of drug-likeness (QED) is 0.843. The van der Waals surface area contributed by atoms with Gasteiger partial charge < -0.3 is 5.32 Å². The molecule has 1 unspecified atom stereocenters. The van der Waals surface area contributed by atoms with Gasteiger partial charge in [-0.25, -0.2) is 0 Å². The minimum Gasteiger partial charge on any atom is -0.326 e. The van der Waals surface area contributed by atoms with E-state index < -0.39 is 0 Å². The number of benzene rings is 2. The van der Waals surface area contributed by atoms with E-state index in [0.717, 1.165) is 23.0 Å². The van der Waals surface area contributed by atoms with Crippen LogP contribution >= 0.6 is 15.9 Å². The monoisotopic (exact) mass is 357 g/mol. The Morgan fingerprint density at radius 3 is 2.41 bits per heavy atom. The summed E-state index contributed by atoms with van der Waals surface area (Å²) in [5.74, 6) is 0.0226. The Morgan fingerprint density at radius 2 is 1.73 bits per heavy atom. The molecular weight excluding hydrogens is 342 g/mol. The highest BCUT2D eigenvalue weighted by Crippen LogP contribution is 2.30. The van der Waals surface area contributed by atoms with Crippen LogP contribution < -0.4 is 5.32 Å². The molecule has 3 nitrogen and oxygen atoms in total. The normalized spacial score (nSPS) is 16.2. The molecule has 112 valence electrons. The van der Waals surface area contributed by atoms with E-state index in [2.05, 4.69) is 33.4 Å². The molecule has 2 aromatic rings. The van der Waals surface area contributed by atoms with Gasteiger partial charge in [0.1, 0.15) is 0 Å². The molecule has 1 atom stereocenters. The molecule has 0 bridgehead atoms. The molecule has 0 radical (unpaired) electrons. The van der Waals surface area contributed by atoms with E-state index in [0.29, 0.717) is 5.56 Å². The zero-order valence-corrected chi connectivity index (χ0v) is 13.8. The lowest BCUT2D eigenvalue weighted by Crippen LogP contribution is -2.23. The molecule has 1 aliphatic rings. The van der Waals surface area contributed by atoms with Crippen molar-refractivity contribution < 1.29 is 9.59 Å². The van der Waals surface area contributed by atoms with Crippen molar-refractivity contribution in [1.29, 1.82) is 0 Å². The summed E-state index contributed by atoms with van der Waals surface area (Å²) in [6, 6.07) is 13.2. The van der Waals surface area contributed by atoms with Gasteiger partial charge in [-0.3, -0.25) is 9.59 Å². The Hall–Kier alpha value is -1.94. The number of carbonyl (C=O) groups excluding carboxylic acids is 2. The summed E-state index contributed by atoms with van der Waals surface area (Å²) < 4.78 is 1.05. The number of halogens is 1. The van der Waals surface area contributed by atoms with Crippen LogP contribution in [0, 0.1) is 5.92 Å². The van der Waals surface area contributed by atoms with Crippen molar-refractivity contribution in [2.75, 3.05) is 5.32 Å². The zero-order chi connectivity index (χ0) is 15.7. The topological polar surface area (TPSA) is 46.2 Å². The Balaban J connectivity index is 1.67. The lowest BCUT2D eigenvalue weighted by atomic mass is 10.1. The summed E-state index contributed by atoms with van der Waals surface area (Å²) in [5, 5.41) is 2.94. The fourth-order valence-corrected chi connectivity index (χ4v) is 3.21. The highest BCUT2D eigenvalue weighted by atomic mass is 79.9. The Labute approximate surface area is 137 Å². The SMILES string of the molecule is CC(=O)c1ccc(NC(=O)C2Cc3ccc(Br)cc3C2)cc1. The van der Waals surface area contributed by atoms with Crippen LogP contribution in [0.3, 0.4) is 0 Å². The van der Waals surface area contributed by atoms with Gasteiger partial charge in [-0.05, 0) is 67.3 Å². The molecule has 0 fully saturated rings. The molecular formula is C18H16BrNO2. The third-order valence-electron chi connectivity index (χ3n) is 4.03. The molecule has 0 saturated heterocycles. The van der Waals surface area contributed by atoms with Crippen molar-refractivity contribution in [1.82, 2.24) is 0 Å². The molecule has 0 heterocycles. The van der Waals surface area contributed by atoms with Crippen LogP contribution in [0.25, 0.3) is 0 Å². The minimum atomic E-state index is -0.0308. The molecule has 4 heteroatoms. The number of nitrogens with one attached hydrogen (secondary N) is 1. The number of carbonyl (C=O) groups is 2. The van der Waals surface area contributed by atoms with Crippen molar-refractivity contribution >= 4 is 33.3 Å². The predicted molar refractivity (Wildman–Crippen MR) is 90.1 cm³/mol. The standard InChI is InChI=1S/C18H16BrNO2/c1-11(21)12-3-6-17(7-4-12)20-18(22)15-8-13-2-5-16(19)10-14(13)9-15/h2-7,10,15H,8-9H2,1H3,(H,20,22). The smallest absolute Gasteiger partial charge is 0.228 e. The lowest BCUT2D eigenvalue weighted by Gasteiger charge is -2.10. The van der Waals surface area contributed by atoms with Crippen LogP contribution in [0.1, 0.15) is 28.4 Å². The number of ketones is 1. The Bertz CT molecular complexity index is 737. The third kappa shape index (κ3) is 3.12. The predicted octanol–water partition coefficient (Wildman–Crippen LogP) is 4.01. The van der Waals surface area contributed by atoms with E-state index in [-0.39, 0.29) is 17.6 Å². The van der Waals surface area contributed by atoms with Crippen LogP contribution in [0.5, 0.6) is 0 Å². The molecule has 0 saturated carbocycles. The summed E-state index contributed by atoms with van der Waals surface area (Å²) in [7, 11) is 0. The van der Waals surface area contributed by atoms with Crippen LogP contribution in [0.15, 0.2) is 46.9 Å². The van der Waals surface area contributed by atoms with E-state index in [1.807, 2.05) is 6.07 Å². The minimum absolute atomic E-state index is 0.0229. The first kappa shape index (κ1) is 15.0. The highest BCUT2D eigenvalue weighted by molar-refractivity contribution is 9.10. The number of rotatable bonds is 3. The maximum Gasteiger partial charge on any atom is 0.228 e. The molecule has 1 aliphatic carbocycles. The molecule has 0 aliphatic heterocycles. The first-order valence-electron chi connectivity index (χ1n) is 7.22. The number of hydrogen-bond donors (Lipinski definition) is 1. The summed E-state index contributed by atoms with van der Waals surface area (Å²) in [5.41, 5.74) is 3.86. The van der Waals surface area contributed by atoms with Gasteiger partial charge in [0.25, 0.3) is 0 Å². The summed E-state index contributed by atoms with van der Waals surface area (Å²) in [6.07, 6.45) is 1.55. The van der Waals surface area contributed by atoms with Gasteiger partial charge in [0, 0.05) is 21.6 Å².